The molecule has 1 aliphatic rings. The van der Waals surface area contributed by atoms with E-state index in [1.807, 2.05) is 47.4 Å². The van der Waals surface area contributed by atoms with E-state index in [0.717, 1.165) is 17.0 Å². The summed E-state index contributed by atoms with van der Waals surface area (Å²) in [4.78, 5) is 15.2. The van der Waals surface area contributed by atoms with E-state index in [9.17, 15) is 4.79 Å². The minimum absolute atomic E-state index is 0.0548. The Hall–Kier alpha value is -2.37. The first-order chi connectivity index (χ1) is 14.5. The number of methoxy groups -OCH3 is 1. The summed E-state index contributed by atoms with van der Waals surface area (Å²) in [6.07, 6.45) is 4.09. The third kappa shape index (κ3) is 4.94. The number of hydrogen-bond donors (Lipinski definition) is 0. The van der Waals surface area contributed by atoms with Crippen molar-refractivity contribution in [2.75, 3.05) is 12.0 Å². The normalized spacial score (nSPS) is 20.6. The van der Waals surface area contributed by atoms with Crippen LogP contribution in [0.4, 0.5) is 5.69 Å². The second-order valence-electron chi connectivity index (χ2n) is 9.78. The average Bonchev–Trinajstić information content (AvgIpc) is 2.71. The molecule has 1 fully saturated rings. The predicted octanol–water partition coefficient (Wildman–Crippen LogP) is 6.15. The Morgan fingerprint density at radius 3 is 2.19 bits per heavy atom. The van der Waals surface area contributed by atoms with Crippen LogP contribution in [0.3, 0.4) is 0 Å². The highest BCUT2D eigenvalue weighted by molar-refractivity contribution is 6.74. The minimum Gasteiger partial charge on any atom is -0.497 e. The van der Waals surface area contributed by atoms with Gasteiger partial charge in [0.05, 0.1) is 25.2 Å². The molecular formula is C26H35NO3Si. The molecule has 0 aromatic heterocycles. The Bertz CT molecular complexity index is 916. The second kappa shape index (κ2) is 9.01. The van der Waals surface area contributed by atoms with E-state index in [1.165, 1.54) is 0 Å². The molecule has 1 aliphatic heterocycles. The Kier molecular flexibility index (Phi) is 6.77. The van der Waals surface area contributed by atoms with Crippen molar-refractivity contribution >= 4 is 26.0 Å². The lowest BCUT2D eigenvalue weighted by Crippen LogP contribution is -2.65. The molecule has 1 saturated heterocycles. The number of ether oxygens (including phenoxy) is 1. The fourth-order valence-electron chi connectivity index (χ4n) is 3.75. The quantitative estimate of drug-likeness (QED) is 0.385. The molecule has 0 bridgehead atoms. The van der Waals surface area contributed by atoms with E-state index in [4.69, 9.17) is 9.16 Å². The van der Waals surface area contributed by atoms with Crippen molar-refractivity contribution in [3.05, 3.63) is 66.2 Å². The molecule has 1 amide bonds. The number of β-lactam (4-membered cyclic amide) rings is 1. The van der Waals surface area contributed by atoms with E-state index >= 15 is 0 Å². The molecular weight excluding hydrogens is 402 g/mol. The van der Waals surface area contributed by atoms with Gasteiger partial charge in [-0.1, -0.05) is 63.3 Å². The molecule has 166 valence electrons. The van der Waals surface area contributed by atoms with Gasteiger partial charge in [-0.15, -0.1) is 0 Å². The smallest absolute Gasteiger partial charge is 0.235 e. The number of carbonyl (C=O) groups excluding carboxylic acids is 1. The van der Waals surface area contributed by atoms with Gasteiger partial charge < -0.3 is 14.1 Å². The average molecular weight is 438 g/mol. The monoisotopic (exact) mass is 437 g/mol. The van der Waals surface area contributed by atoms with Crippen LogP contribution in [0.25, 0.3) is 6.08 Å². The van der Waals surface area contributed by atoms with Gasteiger partial charge in [-0.25, -0.2) is 0 Å². The number of rotatable bonds is 7. The molecule has 31 heavy (non-hydrogen) atoms. The topological polar surface area (TPSA) is 38.8 Å². The molecule has 0 N–H and O–H groups in total. The first-order valence-electron chi connectivity index (χ1n) is 10.9. The Morgan fingerprint density at radius 1 is 1.03 bits per heavy atom. The molecule has 4 nitrogen and oxygen atoms in total. The van der Waals surface area contributed by atoms with Gasteiger partial charge in [-0.05, 0) is 54.9 Å². The zero-order chi connectivity index (χ0) is 22.8. The summed E-state index contributed by atoms with van der Waals surface area (Å²) in [6, 6.07) is 17.8. The maximum Gasteiger partial charge on any atom is 0.235 e. The van der Waals surface area contributed by atoms with Crippen LogP contribution < -0.4 is 9.64 Å². The van der Waals surface area contributed by atoms with Crippen molar-refractivity contribution in [1.82, 2.24) is 0 Å². The highest BCUT2D eigenvalue weighted by Gasteiger charge is 2.51. The molecule has 0 saturated carbocycles. The van der Waals surface area contributed by atoms with Crippen molar-refractivity contribution in [2.45, 2.75) is 58.0 Å². The summed E-state index contributed by atoms with van der Waals surface area (Å²) in [5.74, 6) is 0.689. The third-order valence-electron chi connectivity index (χ3n) is 6.62. The SMILES string of the molecule is COc1ccc(N2C(=O)[C@H]([C@H](C)O[Si](C)(C)C(C)(C)C)[C@H]2/C=C/c2ccccc2)cc1. The van der Waals surface area contributed by atoms with Crippen LogP contribution in [0.5, 0.6) is 5.75 Å². The van der Waals surface area contributed by atoms with Gasteiger partial charge in [0.25, 0.3) is 0 Å². The number of nitrogens with zero attached hydrogens (tertiary/aromatic N) is 1. The summed E-state index contributed by atoms with van der Waals surface area (Å²) in [7, 11) is -0.340. The van der Waals surface area contributed by atoms with E-state index < -0.39 is 8.32 Å². The largest absolute Gasteiger partial charge is 0.497 e. The highest BCUT2D eigenvalue weighted by atomic mass is 28.4. The Balaban J connectivity index is 1.88. The van der Waals surface area contributed by atoms with Gasteiger partial charge in [0.1, 0.15) is 5.75 Å². The van der Waals surface area contributed by atoms with Gasteiger partial charge in [-0.3, -0.25) is 4.79 Å². The van der Waals surface area contributed by atoms with Crippen molar-refractivity contribution in [1.29, 1.82) is 0 Å². The van der Waals surface area contributed by atoms with Crippen LogP contribution in [0.1, 0.15) is 33.3 Å². The minimum atomic E-state index is -1.98. The lowest BCUT2D eigenvalue weighted by molar-refractivity contribution is -0.133. The molecule has 0 aliphatic carbocycles. The van der Waals surface area contributed by atoms with E-state index in [1.54, 1.807) is 7.11 Å². The summed E-state index contributed by atoms with van der Waals surface area (Å²) < 4.78 is 11.9. The fraction of sp³-hybridized carbons (Fsp3) is 0.423. The molecule has 3 atom stereocenters. The van der Waals surface area contributed by atoms with Crippen LogP contribution >= 0.6 is 0 Å². The molecule has 0 unspecified atom stereocenters. The van der Waals surface area contributed by atoms with Crippen molar-refractivity contribution < 1.29 is 14.0 Å². The molecule has 2 aromatic carbocycles. The van der Waals surface area contributed by atoms with Crippen LogP contribution in [0.15, 0.2) is 60.7 Å². The molecule has 3 rings (SSSR count). The number of amides is 1. The maximum absolute atomic E-state index is 13.3. The van der Waals surface area contributed by atoms with Crippen LogP contribution in [-0.2, 0) is 9.22 Å². The fourth-order valence-corrected chi connectivity index (χ4v) is 5.18. The number of benzene rings is 2. The van der Waals surface area contributed by atoms with Crippen molar-refractivity contribution in [2.24, 2.45) is 5.92 Å². The molecule has 5 heteroatoms. The zero-order valence-corrected chi connectivity index (χ0v) is 20.8. The van der Waals surface area contributed by atoms with Crippen molar-refractivity contribution in [3.8, 4) is 5.75 Å². The first kappa shape index (κ1) is 23.3. The van der Waals surface area contributed by atoms with Crippen LogP contribution in [0.2, 0.25) is 18.1 Å². The van der Waals surface area contributed by atoms with E-state index in [0.29, 0.717) is 0 Å². The van der Waals surface area contributed by atoms with Gasteiger partial charge in [-0.2, -0.15) is 0 Å². The molecule has 2 aromatic rings. The molecule has 0 radical (unpaired) electrons. The van der Waals surface area contributed by atoms with E-state index in [-0.39, 0.29) is 29.0 Å². The lowest BCUT2D eigenvalue weighted by Gasteiger charge is -2.50. The highest BCUT2D eigenvalue weighted by Crippen LogP contribution is 2.42. The van der Waals surface area contributed by atoms with Crippen molar-refractivity contribution in [3.63, 3.8) is 0 Å². The van der Waals surface area contributed by atoms with Gasteiger partial charge in [0, 0.05) is 5.69 Å². The maximum atomic E-state index is 13.3. The summed E-state index contributed by atoms with van der Waals surface area (Å²) >= 11 is 0. The van der Waals surface area contributed by atoms with Crippen LogP contribution in [-0.4, -0.2) is 33.5 Å². The first-order valence-corrected chi connectivity index (χ1v) is 13.8. The number of carbonyl (C=O) groups is 1. The number of hydrogen-bond acceptors (Lipinski definition) is 3. The van der Waals surface area contributed by atoms with Gasteiger partial charge >= 0.3 is 0 Å². The Labute approximate surface area is 188 Å². The summed E-state index contributed by atoms with van der Waals surface area (Å²) in [5.41, 5.74) is 2.00. The summed E-state index contributed by atoms with van der Waals surface area (Å²) in [5, 5.41) is 0.0963. The Morgan fingerprint density at radius 2 is 1.65 bits per heavy atom. The molecule has 0 spiro atoms. The zero-order valence-electron chi connectivity index (χ0n) is 19.8. The predicted molar refractivity (Wildman–Crippen MR) is 131 cm³/mol. The number of anilines is 1. The molecule has 1 heterocycles. The van der Waals surface area contributed by atoms with Gasteiger partial charge in [0.15, 0.2) is 8.32 Å². The van der Waals surface area contributed by atoms with Gasteiger partial charge in [0.2, 0.25) is 5.91 Å². The third-order valence-corrected chi connectivity index (χ3v) is 11.2. The van der Waals surface area contributed by atoms with E-state index in [2.05, 4.69) is 65.1 Å². The second-order valence-corrected chi connectivity index (χ2v) is 14.5. The summed E-state index contributed by atoms with van der Waals surface area (Å²) in [6.45, 7) is 13.2. The lowest BCUT2D eigenvalue weighted by atomic mass is 9.82. The standard InChI is InChI=1S/C26H35NO3Si/c1-19(30-31(6,7)26(2,3)4)24-23(18-13-20-11-9-8-10-12-20)27(25(24)28)21-14-16-22(29-5)17-15-21/h8-19,23-24H,1-7H3/b18-13+/t19-,23+,24+/m0/s1. The van der Waals surface area contributed by atoms with Crippen LogP contribution in [0, 0.1) is 5.92 Å².